The van der Waals surface area contributed by atoms with Crippen LogP contribution in [-0.4, -0.2) is 90.1 Å². The third-order valence-corrected chi connectivity index (χ3v) is 6.43. The van der Waals surface area contributed by atoms with Crippen LogP contribution >= 0.6 is 0 Å². The van der Waals surface area contributed by atoms with Gasteiger partial charge in [-0.15, -0.1) is 0 Å². The first-order valence-electron chi connectivity index (χ1n) is 12.0. The molecular formula is C24H37N7O. The van der Waals surface area contributed by atoms with Crippen molar-refractivity contribution in [2.45, 2.75) is 44.7 Å². The number of anilines is 1. The second kappa shape index (κ2) is 10.9. The zero-order valence-electron chi connectivity index (χ0n) is 19.5. The smallest absolute Gasteiger partial charge is 0.317 e. The van der Waals surface area contributed by atoms with E-state index in [4.69, 9.17) is 9.97 Å². The zero-order valence-corrected chi connectivity index (χ0v) is 19.5. The van der Waals surface area contributed by atoms with Crippen LogP contribution in [-0.2, 0) is 6.54 Å². The summed E-state index contributed by atoms with van der Waals surface area (Å²) in [6, 6.07) is 8.66. The molecule has 2 aromatic rings. The van der Waals surface area contributed by atoms with Crippen molar-refractivity contribution in [1.29, 1.82) is 0 Å². The van der Waals surface area contributed by atoms with E-state index in [9.17, 15) is 4.79 Å². The molecule has 8 nitrogen and oxygen atoms in total. The summed E-state index contributed by atoms with van der Waals surface area (Å²) in [7, 11) is 4.19. The first-order chi connectivity index (χ1) is 15.6. The Morgan fingerprint density at radius 2 is 1.84 bits per heavy atom. The van der Waals surface area contributed by atoms with Gasteiger partial charge >= 0.3 is 6.03 Å². The highest BCUT2D eigenvalue weighted by Gasteiger charge is 2.25. The number of nitrogens with one attached hydrogen (secondary N) is 2. The molecule has 8 heteroatoms. The fraction of sp³-hybridized carbons (Fsp3) is 0.625. The summed E-state index contributed by atoms with van der Waals surface area (Å²) < 4.78 is 0. The van der Waals surface area contributed by atoms with Crippen molar-refractivity contribution in [2.24, 2.45) is 0 Å². The molecule has 1 saturated carbocycles. The Morgan fingerprint density at radius 1 is 1.09 bits per heavy atom. The van der Waals surface area contributed by atoms with E-state index < -0.39 is 0 Å². The van der Waals surface area contributed by atoms with Crippen molar-refractivity contribution in [1.82, 2.24) is 30.0 Å². The zero-order chi connectivity index (χ0) is 22.3. The molecule has 0 radical (unpaired) electrons. The van der Waals surface area contributed by atoms with Crippen molar-refractivity contribution in [3.63, 3.8) is 0 Å². The van der Waals surface area contributed by atoms with Crippen LogP contribution in [0.25, 0.3) is 10.9 Å². The average Bonchev–Trinajstić information content (AvgIpc) is 3.30. The fourth-order valence-electron chi connectivity index (χ4n) is 4.58. The highest BCUT2D eigenvalue weighted by Crippen LogP contribution is 2.21. The fourth-order valence-corrected chi connectivity index (χ4v) is 4.58. The van der Waals surface area contributed by atoms with E-state index in [1.807, 2.05) is 17.0 Å². The van der Waals surface area contributed by atoms with E-state index in [2.05, 4.69) is 46.7 Å². The SMILES string of the molecule is CN(C)CCCNc1nc(CN2CCN(C(=O)NC3CCCC3)CC2)nc2ccccc12. The van der Waals surface area contributed by atoms with E-state index in [0.717, 1.165) is 81.1 Å². The minimum atomic E-state index is 0.0997. The van der Waals surface area contributed by atoms with Crippen LogP contribution in [0.4, 0.5) is 10.6 Å². The molecule has 2 aliphatic rings. The largest absolute Gasteiger partial charge is 0.369 e. The Morgan fingerprint density at radius 3 is 2.59 bits per heavy atom. The Kier molecular flexibility index (Phi) is 7.76. The lowest BCUT2D eigenvalue weighted by Crippen LogP contribution is -2.53. The van der Waals surface area contributed by atoms with Gasteiger partial charge in [0.2, 0.25) is 0 Å². The molecule has 1 aromatic carbocycles. The predicted molar refractivity (Wildman–Crippen MR) is 129 cm³/mol. The Labute approximate surface area is 191 Å². The number of piperazine rings is 1. The van der Waals surface area contributed by atoms with Gasteiger partial charge in [0, 0.05) is 44.2 Å². The number of fused-ring (bicyclic) bond motifs is 1. The molecule has 1 aliphatic heterocycles. The van der Waals surface area contributed by atoms with Crippen molar-refractivity contribution in [3.8, 4) is 0 Å². The number of aromatic nitrogens is 2. The molecule has 1 saturated heterocycles. The minimum Gasteiger partial charge on any atom is -0.369 e. The number of urea groups is 1. The van der Waals surface area contributed by atoms with Crippen molar-refractivity contribution in [2.75, 3.05) is 58.7 Å². The number of para-hydroxylation sites is 1. The lowest BCUT2D eigenvalue weighted by Gasteiger charge is -2.35. The summed E-state index contributed by atoms with van der Waals surface area (Å²) in [5.41, 5.74) is 0.974. The molecule has 4 rings (SSSR count). The van der Waals surface area contributed by atoms with E-state index >= 15 is 0 Å². The van der Waals surface area contributed by atoms with E-state index in [-0.39, 0.29) is 6.03 Å². The van der Waals surface area contributed by atoms with Gasteiger partial charge in [0.15, 0.2) is 0 Å². The van der Waals surface area contributed by atoms with Crippen LogP contribution in [0, 0.1) is 0 Å². The Hall–Kier alpha value is -2.45. The van der Waals surface area contributed by atoms with Gasteiger partial charge in [-0.05, 0) is 52.0 Å². The summed E-state index contributed by atoms with van der Waals surface area (Å²) >= 11 is 0. The summed E-state index contributed by atoms with van der Waals surface area (Å²) in [6.45, 7) is 5.83. The van der Waals surface area contributed by atoms with Crippen LogP contribution in [0.15, 0.2) is 24.3 Å². The maximum absolute atomic E-state index is 12.5. The average molecular weight is 440 g/mol. The van der Waals surface area contributed by atoms with Crippen LogP contribution in [0.5, 0.6) is 0 Å². The molecule has 2 N–H and O–H groups in total. The number of carbonyl (C=O) groups is 1. The topological polar surface area (TPSA) is 76.6 Å². The maximum Gasteiger partial charge on any atom is 0.317 e. The first-order valence-corrected chi connectivity index (χ1v) is 12.0. The van der Waals surface area contributed by atoms with Crippen molar-refractivity contribution in [3.05, 3.63) is 30.1 Å². The third kappa shape index (κ3) is 6.07. The van der Waals surface area contributed by atoms with Crippen LogP contribution < -0.4 is 10.6 Å². The van der Waals surface area contributed by atoms with Crippen molar-refractivity contribution < 1.29 is 4.79 Å². The molecule has 32 heavy (non-hydrogen) atoms. The Balaban J connectivity index is 1.34. The molecule has 0 spiro atoms. The standard InChI is InChI=1S/C24H37N7O/c1-29(2)13-7-12-25-23-20-10-5-6-11-21(20)27-22(28-23)18-30-14-16-31(17-15-30)24(32)26-19-8-3-4-9-19/h5-6,10-11,19H,3-4,7-9,12-18H2,1-2H3,(H,26,32)(H,25,27,28). The normalized spacial score (nSPS) is 17.9. The molecule has 174 valence electrons. The van der Waals surface area contributed by atoms with Crippen molar-refractivity contribution >= 4 is 22.8 Å². The molecule has 1 aliphatic carbocycles. The number of hydrogen-bond donors (Lipinski definition) is 2. The third-order valence-electron chi connectivity index (χ3n) is 6.43. The van der Waals surface area contributed by atoms with Gasteiger partial charge in [0.05, 0.1) is 12.1 Å². The molecule has 2 heterocycles. The molecule has 2 amide bonds. The molecular weight excluding hydrogens is 402 g/mol. The van der Waals surface area contributed by atoms with Gasteiger partial charge in [-0.25, -0.2) is 14.8 Å². The van der Waals surface area contributed by atoms with Crippen LogP contribution in [0.2, 0.25) is 0 Å². The first kappa shape index (κ1) is 22.7. The number of carbonyl (C=O) groups excluding carboxylic acids is 1. The van der Waals surface area contributed by atoms with Gasteiger partial charge in [-0.3, -0.25) is 4.90 Å². The molecule has 0 atom stereocenters. The quantitative estimate of drug-likeness (QED) is 0.616. The number of benzene rings is 1. The minimum absolute atomic E-state index is 0.0997. The summed E-state index contributed by atoms with van der Waals surface area (Å²) in [5.74, 6) is 1.75. The molecule has 2 fully saturated rings. The second-order valence-electron chi connectivity index (χ2n) is 9.28. The van der Waals surface area contributed by atoms with Gasteiger partial charge in [-0.2, -0.15) is 0 Å². The second-order valence-corrected chi connectivity index (χ2v) is 9.28. The number of rotatable bonds is 8. The predicted octanol–water partition coefficient (Wildman–Crippen LogP) is 2.76. The Bertz CT molecular complexity index is 889. The number of amides is 2. The van der Waals surface area contributed by atoms with Gasteiger partial charge in [0.1, 0.15) is 11.6 Å². The van der Waals surface area contributed by atoms with E-state index in [0.29, 0.717) is 12.6 Å². The van der Waals surface area contributed by atoms with E-state index in [1.54, 1.807) is 0 Å². The van der Waals surface area contributed by atoms with Gasteiger partial charge in [-0.1, -0.05) is 25.0 Å². The number of hydrogen-bond acceptors (Lipinski definition) is 6. The van der Waals surface area contributed by atoms with E-state index in [1.165, 1.54) is 12.8 Å². The van der Waals surface area contributed by atoms with Crippen LogP contribution in [0.3, 0.4) is 0 Å². The summed E-state index contributed by atoms with van der Waals surface area (Å²) in [4.78, 5) is 28.7. The molecule has 0 unspecified atom stereocenters. The highest BCUT2D eigenvalue weighted by atomic mass is 16.2. The summed E-state index contributed by atoms with van der Waals surface area (Å²) in [5, 5.41) is 7.79. The maximum atomic E-state index is 12.5. The lowest BCUT2D eigenvalue weighted by atomic mass is 10.2. The van der Waals surface area contributed by atoms with Gasteiger partial charge in [0.25, 0.3) is 0 Å². The summed E-state index contributed by atoms with van der Waals surface area (Å²) in [6.07, 6.45) is 5.77. The monoisotopic (exact) mass is 439 g/mol. The highest BCUT2D eigenvalue weighted by molar-refractivity contribution is 5.88. The number of nitrogens with zero attached hydrogens (tertiary/aromatic N) is 5. The molecule has 0 bridgehead atoms. The molecule has 1 aromatic heterocycles. The van der Waals surface area contributed by atoms with Crippen LogP contribution in [0.1, 0.15) is 37.9 Å². The lowest BCUT2D eigenvalue weighted by molar-refractivity contribution is 0.132. The van der Waals surface area contributed by atoms with Gasteiger partial charge < -0.3 is 20.4 Å².